The molecule has 0 aliphatic rings. The number of fused-ring (bicyclic) bond motifs is 1. The van der Waals surface area contributed by atoms with Gasteiger partial charge in [0.25, 0.3) is 5.91 Å². The molecule has 4 rings (SSSR count). The summed E-state index contributed by atoms with van der Waals surface area (Å²) in [5.74, 6) is 0.393. The Morgan fingerprint density at radius 3 is 2.60 bits per heavy atom. The molecule has 0 N–H and O–H groups in total. The number of thiazole rings is 1. The standard InChI is InChI=1S/C23H20ClN3O2S/c1-15-11-20-21(12-16(15)2)30-23(26-20)27(13-18-5-3-4-10-25-18)22(28)14-29-19-8-6-17(24)7-9-19/h3-12H,13-14H2,1-2H3. The highest BCUT2D eigenvalue weighted by molar-refractivity contribution is 7.22. The summed E-state index contributed by atoms with van der Waals surface area (Å²) in [5.41, 5.74) is 4.04. The quantitative estimate of drug-likeness (QED) is 0.395. The minimum absolute atomic E-state index is 0.109. The third kappa shape index (κ3) is 4.61. The molecule has 0 saturated heterocycles. The van der Waals surface area contributed by atoms with Crippen LogP contribution in [0.1, 0.15) is 16.8 Å². The molecular weight excluding hydrogens is 418 g/mol. The summed E-state index contributed by atoms with van der Waals surface area (Å²) in [4.78, 5) is 23.8. The lowest BCUT2D eigenvalue weighted by Crippen LogP contribution is -2.34. The highest BCUT2D eigenvalue weighted by Gasteiger charge is 2.21. The number of anilines is 1. The average Bonchev–Trinajstić information content (AvgIpc) is 3.14. The van der Waals surface area contributed by atoms with Crippen LogP contribution in [0.2, 0.25) is 5.02 Å². The van der Waals surface area contributed by atoms with Gasteiger partial charge in [0.2, 0.25) is 0 Å². The van der Waals surface area contributed by atoms with Crippen molar-refractivity contribution in [2.24, 2.45) is 0 Å². The predicted molar refractivity (Wildman–Crippen MR) is 121 cm³/mol. The first-order valence-corrected chi connectivity index (χ1v) is 10.7. The molecule has 2 aromatic heterocycles. The molecule has 4 aromatic rings. The van der Waals surface area contributed by atoms with Gasteiger partial charge in [-0.25, -0.2) is 4.98 Å². The number of ether oxygens (including phenoxy) is 1. The van der Waals surface area contributed by atoms with Crippen LogP contribution < -0.4 is 9.64 Å². The zero-order chi connectivity index (χ0) is 21.1. The molecule has 5 nitrogen and oxygen atoms in total. The van der Waals surface area contributed by atoms with Gasteiger partial charge in [0.05, 0.1) is 22.5 Å². The van der Waals surface area contributed by atoms with Gasteiger partial charge in [-0.15, -0.1) is 0 Å². The second-order valence-corrected chi connectivity index (χ2v) is 8.39. The number of rotatable bonds is 6. The topological polar surface area (TPSA) is 55.3 Å². The van der Waals surface area contributed by atoms with E-state index in [1.54, 1.807) is 35.4 Å². The van der Waals surface area contributed by atoms with Crippen molar-refractivity contribution in [2.75, 3.05) is 11.5 Å². The van der Waals surface area contributed by atoms with Crippen LogP contribution in [0.5, 0.6) is 5.75 Å². The summed E-state index contributed by atoms with van der Waals surface area (Å²) < 4.78 is 6.73. The van der Waals surface area contributed by atoms with Crippen LogP contribution >= 0.6 is 22.9 Å². The Balaban J connectivity index is 1.62. The number of carbonyl (C=O) groups excluding carboxylic acids is 1. The molecule has 0 aliphatic carbocycles. The molecule has 0 unspecified atom stereocenters. The number of nitrogens with zero attached hydrogens (tertiary/aromatic N) is 3. The Hall–Kier alpha value is -2.96. The van der Waals surface area contributed by atoms with Crippen molar-refractivity contribution in [1.29, 1.82) is 0 Å². The van der Waals surface area contributed by atoms with E-state index < -0.39 is 0 Å². The first kappa shape index (κ1) is 20.3. The molecule has 0 atom stereocenters. The summed E-state index contributed by atoms with van der Waals surface area (Å²) in [5, 5.41) is 1.25. The molecule has 7 heteroatoms. The van der Waals surface area contributed by atoms with Crippen LogP contribution in [0.3, 0.4) is 0 Å². The second-order valence-electron chi connectivity index (χ2n) is 6.94. The predicted octanol–water partition coefficient (Wildman–Crippen LogP) is 5.57. The number of aromatic nitrogens is 2. The number of amides is 1. The minimum atomic E-state index is -0.192. The van der Waals surface area contributed by atoms with Gasteiger partial charge in [0.1, 0.15) is 5.75 Å². The molecule has 1 amide bonds. The van der Waals surface area contributed by atoms with Crippen molar-refractivity contribution in [3.05, 3.63) is 82.6 Å². The molecule has 0 radical (unpaired) electrons. The SMILES string of the molecule is Cc1cc2nc(N(Cc3ccccn3)C(=O)COc3ccc(Cl)cc3)sc2cc1C. The van der Waals surface area contributed by atoms with E-state index in [-0.39, 0.29) is 12.5 Å². The Morgan fingerprint density at radius 2 is 1.87 bits per heavy atom. The highest BCUT2D eigenvalue weighted by Crippen LogP contribution is 2.31. The molecule has 0 bridgehead atoms. The Labute approximate surface area is 183 Å². The minimum Gasteiger partial charge on any atom is -0.484 e. The van der Waals surface area contributed by atoms with Gasteiger partial charge in [-0.1, -0.05) is 29.0 Å². The largest absolute Gasteiger partial charge is 0.484 e. The second kappa shape index (κ2) is 8.81. The van der Waals surface area contributed by atoms with Crippen molar-refractivity contribution in [3.8, 4) is 5.75 Å². The van der Waals surface area contributed by atoms with Gasteiger partial charge in [-0.05, 0) is 73.5 Å². The summed E-state index contributed by atoms with van der Waals surface area (Å²) in [7, 11) is 0. The van der Waals surface area contributed by atoms with E-state index in [1.165, 1.54) is 22.5 Å². The number of hydrogen-bond donors (Lipinski definition) is 0. The van der Waals surface area contributed by atoms with E-state index in [4.69, 9.17) is 21.3 Å². The van der Waals surface area contributed by atoms with Crippen LogP contribution in [-0.2, 0) is 11.3 Å². The summed E-state index contributed by atoms with van der Waals surface area (Å²) in [6.45, 7) is 4.35. The van der Waals surface area contributed by atoms with Gasteiger partial charge < -0.3 is 4.74 Å². The van der Waals surface area contributed by atoms with Gasteiger partial charge in [0, 0.05) is 11.2 Å². The summed E-state index contributed by atoms with van der Waals surface area (Å²) in [6, 6.07) is 16.7. The smallest absolute Gasteiger partial charge is 0.267 e. The molecule has 30 heavy (non-hydrogen) atoms. The Kier molecular flexibility index (Phi) is 5.97. The van der Waals surface area contributed by atoms with Crippen molar-refractivity contribution in [3.63, 3.8) is 0 Å². The van der Waals surface area contributed by atoms with Crippen LogP contribution in [0.25, 0.3) is 10.2 Å². The first-order chi connectivity index (χ1) is 14.5. The van der Waals surface area contributed by atoms with E-state index in [1.807, 2.05) is 18.2 Å². The Bertz CT molecular complexity index is 1140. The molecule has 0 fully saturated rings. The fraction of sp³-hybridized carbons (Fsp3) is 0.174. The van der Waals surface area contributed by atoms with E-state index >= 15 is 0 Å². The van der Waals surface area contributed by atoms with E-state index in [2.05, 4.69) is 31.0 Å². The van der Waals surface area contributed by atoms with Crippen molar-refractivity contribution in [2.45, 2.75) is 20.4 Å². The van der Waals surface area contributed by atoms with Gasteiger partial charge in [-0.3, -0.25) is 14.7 Å². The maximum Gasteiger partial charge on any atom is 0.267 e. The lowest BCUT2D eigenvalue weighted by Gasteiger charge is -2.19. The van der Waals surface area contributed by atoms with Crippen molar-refractivity contribution in [1.82, 2.24) is 9.97 Å². The lowest BCUT2D eigenvalue weighted by molar-refractivity contribution is -0.120. The number of carbonyl (C=O) groups is 1. The molecule has 152 valence electrons. The van der Waals surface area contributed by atoms with E-state index in [9.17, 15) is 4.79 Å². The molecular formula is C23H20ClN3O2S. The van der Waals surface area contributed by atoms with Crippen molar-refractivity contribution >= 4 is 44.2 Å². The number of hydrogen-bond acceptors (Lipinski definition) is 5. The molecule has 0 spiro atoms. The normalized spacial score (nSPS) is 10.9. The van der Waals surface area contributed by atoms with Crippen LogP contribution in [-0.4, -0.2) is 22.5 Å². The van der Waals surface area contributed by atoms with Gasteiger partial charge in [-0.2, -0.15) is 0 Å². The van der Waals surface area contributed by atoms with E-state index in [0.717, 1.165) is 15.9 Å². The van der Waals surface area contributed by atoms with Crippen LogP contribution in [0.15, 0.2) is 60.8 Å². The number of aryl methyl sites for hydroxylation is 2. The fourth-order valence-electron chi connectivity index (χ4n) is 2.95. The molecule has 2 heterocycles. The number of benzene rings is 2. The number of halogens is 1. The third-order valence-electron chi connectivity index (χ3n) is 4.75. The highest BCUT2D eigenvalue weighted by atomic mass is 35.5. The maximum absolute atomic E-state index is 13.1. The van der Waals surface area contributed by atoms with Crippen LogP contribution in [0, 0.1) is 13.8 Å². The summed E-state index contributed by atoms with van der Waals surface area (Å²) >= 11 is 7.40. The average molecular weight is 438 g/mol. The van der Waals surface area contributed by atoms with E-state index in [0.29, 0.717) is 22.4 Å². The molecule has 0 aliphatic heterocycles. The zero-order valence-electron chi connectivity index (χ0n) is 16.6. The van der Waals surface area contributed by atoms with Gasteiger partial charge >= 0.3 is 0 Å². The fourth-order valence-corrected chi connectivity index (χ4v) is 4.14. The zero-order valence-corrected chi connectivity index (χ0v) is 18.2. The summed E-state index contributed by atoms with van der Waals surface area (Å²) in [6.07, 6.45) is 1.72. The van der Waals surface area contributed by atoms with Crippen molar-refractivity contribution < 1.29 is 9.53 Å². The number of pyridine rings is 1. The molecule has 2 aromatic carbocycles. The maximum atomic E-state index is 13.1. The van der Waals surface area contributed by atoms with Gasteiger partial charge in [0.15, 0.2) is 11.7 Å². The molecule has 0 saturated carbocycles. The Morgan fingerprint density at radius 1 is 1.10 bits per heavy atom. The monoisotopic (exact) mass is 437 g/mol. The third-order valence-corrected chi connectivity index (χ3v) is 6.04. The lowest BCUT2D eigenvalue weighted by atomic mass is 10.1. The van der Waals surface area contributed by atoms with Crippen LogP contribution in [0.4, 0.5) is 5.13 Å². The first-order valence-electron chi connectivity index (χ1n) is 9.46.